The minimum Gasteiger partial charge on any atom is -0.366 e. The molecule has 1 saturated heterocycles. The van der Waals surface area contributed by atoms with Gasteiger partial charge in [-0.05, 0) is 19.1 Å². The first-order valence-electron chi connectivity index (χ1n) is 9.15. The van der Waals surface area contributed by atoms with Gasteiger partial charge in [-0.15, -0.1) is 0 Å². The highest BCUT2D eigenvalue weighted by Gasteiger charge is 2.41. The van der Waals surface area contributed by atoms with Crippen LogP contribution in [0.25, 0.3) is 0 Å². The van der Waals surface area contributed by atoms with Crippen LogP contribution in [0.15, 0.2) is 24.3 Å². The largest absolute Gasteiger partial charge is 0.436 e. The number of benzene rings is 1. The average Bonchev–Trinajstić information content (AvgIpc) is 3.02. The number of amides is 1. The van der Waals surface area contributed by atoms with Crippen molar-refractivity contribution in [3.05, 3.63) is 50.8 Å². The molecule has 1 aromatic carbocycles. The van der Waals surface area contributed by atoms with E-state index < -0.39 is 28.0 Å². The second-order valence-corrected chi connectivity index (χ2v) is 7.21. The lowest BCUT2D eigenvalue weighted by molar-refractivity contribution is -0.384. The van der Waals surface area contributed by atoms with E-state index in [9.17, 15) is 28.1 Å². The van der Waals surface area contributed by atoms with E-state index in [4.69, 9.17) is 11.6 Å². The first-order chi connectivity index (χ1) is 14.0. The minimum absolute atomic E-state index is 0.0698. The Morgan fingerprint density at radius 1 is 1.30 bits per heavy atom. The molecule has 0 aliphatic carbocycles. The molecule has 2 aromatic rings. The zero-order valence-electron chi connectivity index (χ0n) is 16.2. The summed E-state index contributed by atoms with van der Waals surface area (Å²) in [5.74, 6) is -0.220. The lowest BCUT2D eigenvalue weighted by Gasteiger charge is -2.42. The summed E-state index contributed by atoms with van der Waals surface area (Å²) < 4.78 is 40.9. The van der Waals surface area contributed by atoms with E-state index in [1.54, 1.807) is 19.1 Å². The number of carbonyl (C=O) groups excluding carboxylic acids is 1. The predicted octanol–water partition coefficient (Wildman–Crippen LogP) is 4.03. The summed E-state index contributed by atoms with van der Waals surface area (Å²) in [6.45, 7) is 3.92. The topological polar surface area (TPSA) is 84.5 Å². The summed E-state index contributed by atoms with van der Waals surface area (Å²) in [6.07, 6.45) is -5.34. The SMILES string of the molecule is CCC(=O)N1CCN(c2ccc([N+](=O)[O-])cc2)CC1n1nc(C(F)(F)F)c(Cl)c1C. The maximum absolute atomic E-state index is 13.3. The number of alkyl halides is 3. The molecule has 1 aliphatic rings. The van der Waals surface area contributed by atoms with E-state index >= 15 is 0 Å². The molecule has 0 spiro atoms. The Morgan fingerprint density at radius 3 is 2.43 bits per heavy atom. The van der Waals surface area contributed by atoms with Crippen molar-refractivity contribution in [2.45, 2.75) is 32.6 Å². The van der Waals surface area contributed by atoms with Gasteiger partial charge >= 0.3 is 6.18 Å². The fourth-order valence-corrected chi connectivity index (χ4v) is 3.69. The van der Waals surface area contributed by atoms with Crippen molar-refractivity contribution in [3.63, 3.8) is 0 Å². The van der Waals surface area contributed by atoms with Crippen LogP contribution in [0.2, 0.25) is 5.02 Å². The fourth-order valence-electron chi connectivity index (χ4n) is 3.46. The van der Waals surface area contributed by atoms with Crippen LogP contribution in [0.4, 0.5) is 24.5 Å². The van der Waals surface area contributed by atoms with E-state index in [1.807, 2.05) is 4.90 Å². The third kappa shape index (κ3) is 4.07. The molecular formula is C18H19ClF3N5O3. The average molecular weight is 446 g/mol. The van der Waals surface area contributed by atoms with Crippen molar-refractivity contribution >= 4 is 28.9 Å². The van der Waals surface area contributed by atoms with Crippen LogP contribution >= 0.6 is 11.6 Å². The molecule has 12 heteroatoms. The number of anilines is 1. The molecule has 0 N–H and O–H groups in total. The van der Waals surface area contributed by atoms with Crippen LogP contribution in [0.3, 0.4) is 0 Å². The van der Waals surface area contributed by atoms with Gasteiger partial charge in [0, 0.05) is 37.3 Å². The lowest BCUT2D eigenvalue weighted by Crippen LogP contribution is -2.53. The zero-order chi connectivity index (χ0) is 22.2. The van der Waals surface area contributed by atoms with Crippen LogP contribution in [-0.2, 0) is 11.0 Å². The monoisotopic (exact) mass is 445 g/mol. The van der Waals surface area contributed by atoms with Crippen LogP contribution in [0.5, 0.6) is 0 Å². The number of carbonyl (C=O) groups is 1. The standard InChI is InChI=1S/C18H19ClF3N5O3/c1-3-15(28)25-9-8-24(12-4-6-13(7-5-12)27(29)30)10-14(25)26-11(2)16(19)17(23-26)18(20,21)22/h4-7,14H,3,8-10H2,1-2H3. The molecular weight excluding hydrogens is 427 g/mol. The van der Waals surface area contributed by atoms with Crippen molar-refractivity contribution in [1.82, 2.24) is 14.7 Å². The number of halogens is 4. The number of hydrogen-bond acceptors (Lipinski definition) is 5. The second-order valence-electron chi connectivity index (χ2n) is 6.83. The quantitative estimate of drug-likeness (QED) is 0.524. The normalized spacial score (nSPS) is 17.3. The molecule has 0 bridgehead atoms. The third-order valence-corrected chi connectivity index (χ3v) is 5.48. The summed E-state index contributed by atoms with van der Waals surface area (Å²) in [5, 5.41) is 14.0. The van der Waals surface area contributed by atoms with Crippen molar-refractivity contribution in [1.29, 1.82) is 0 Å². The molecule has 0 saturated carbocycles. The van der Waals surface area contributed by atoms with Crippen LogP contribution in [-0.4, -0.2) is 45.1 Å². The van der Waals surface area contributed by atoms with Gasteiger partial charge in [-0.25, -0.2) is 4.68 Å². The molecule has 162 valence electrons. The smallest absolute Gasteiger partial charge is 0.366 e. The molecule has 2 heterocycles. The highest BCUT2D eigenvalue weighted by Crippen LogP contribution is 2.37. The van der Waals surface area contributed by atoms with Gasteiger partial charge in [0.1, 0.15) is 6.17 Å². The number of nitro groups is 1. The Bertz CT molecular complexity index is 961. The molecule has 1 amide bonds. The summed E-state index contributed by atoms with van der Waals surface area (Å²) in [4.78, 5) is 26.1. The molecule has 1 atom stereocenters. The van der Waals surface area contributed by atoms with Gasteiger partial charge in [0.05, 0.1) is 22.2 Å². The first-order valence-corrected chi connectivity index (χ1v) is 9.53. The molecule has 1 fully saturated rings. The summed E-state index contributed by atoms with van der Waals surface area (Å²) in [6, 6.07) is 5.84. The summed E-state index contributed by atoms with van der Waals surface area (Å²) in [5.41, 5.74) is -0.507. The fraction of sp³-hybridized carbons (Fsp3) is 0.444. The molecule has 8 nitrogen and oxygen atoms in total. The molecule has 1 unspecified atom stereocenters. The Morgan fingerprint density at radius 2 is 1.93 bits per heavy atom. The Labute approximate surface area is 175 Å². The number of hydrogen-bond donors (Lipinski definition) is 0. The highest BCUT2D eigenvalue weighted by molar-refractivity contribution is 6.31. The summed E-state index contributed by atoms with van der Waals surface area (Å²) in [7, 11) is 0. The number of non-ortho nitro benzene ring substituents is 1. The number of rotatable bonds is 4. The first kappa shape index (κ1) is 21.9. The molecule has 0 radical (unpaired) electrons. The van der Waals surface area contributed by atoms with Crippen LogP contribution in [0, 0.1) is 17.0 Å². The Kier molecular flexibility index (Phi) is 5.93. The molecule has 1 aliphatic heterocycles. The number of nitrogens with zero attached hydrogens (tertiary/aromatic N) is 5. The predicted molar refractivity (Wildman–Crippen MR) is 103 cm³/mol. The van der Waals surface area contributed by atoms with Crippen LogP contribution in [0.1, 0.15) is 30.9 Å². The highest BCUT2D eigenvalue weighted by atomic mass is 35.5. The van der Waals surface area contributed by atoms with Gasteiger partial charge < -0.3 is 9.80 Å². The Balaban J connectivity index is 1.98. The number of aromatic nitrogens is 2. The second kappa shape index (κ2) is 8.13. The van der Waals surface area contributed by atoms with Gasteiger partial charge in [-0.2, -0.15) is 18.3 Å². The number of nitro benzene ring substituents is 1. The maximum atomic E-state index is 13.3. The van der Waals surface area contributed by atoms with Crippen molar-refractivity contribution in [2.24, 2.45) is 0 Å². The number of piperazine rings is 1. The lowest BCUT2D eigenvalue weighted by atomic mass is 10.2. The van der Waals surface area contributed by atoms with E-state index in [1.165, 1.54) is 24.0 Å². The van der Waals surface area contributed by atoms with Crippen molar-refractivity contribution < 1.29 is 22.9 Å². The van der Waals surface area contributed by atoms with E-state index in [-0.39, 0.29) is 36.8 Å². The Hall–Kier alpha value is -2.82. The van der Waals surface area contributed by atoms with Crippen molar-refractivity contribution in [2.75, 3.05) is 24.5 Å². The van der Waals surface area contributed by atoms with Gasteiger partial charge in [-0.1, -0.05) is 18.5 Å². The maximum Gasteiger partial charge on any atom is 0.436 e. The van der Waals surface area contributed by atoms with Crippen molar-refractivity contribution in [3.8, 4) is 0 Å². The van der Waals surface area contributed by atoms with Crippen LogP contribution < -0.4 is 4.90 Å². The molecule has 3 rings (SSSR count). The van der Waals surface area contributed by atoms with Gasteiger partial charge in [0.2, 0.25) is 5.91 Å². The van der Waals surface area contributed by atoms with Gasteiger partial charge in [0.25, 0.3) is 5.69 Å². The van der Waals surface area contributed by atoms with Gasteiger partial charge in [0.15, 0.2) is 5.69 Å². The third-order valence-electron chi connectivity index (χ3n) is 5.03. The zero-order valence-corrected chi connectivity index (χ0v) is 16.9. The summed E-state index contributed by atoms with van der Waals surface area (Å²) >= 11 is 5.90. The van der Waals surface area contributed by atoms with E-state index in [0.717, 1.165) is 4.68 Å². The molecule has 1 aromatic heterocycles. The van der Waals surface area contributed by atoms with Gasteiger partial charge in [-0.3, -0.25) is 14.9 Å². The van der Waals surface area contributed by atoms with E-state index in [0.29, 0.717) is 12.2 Å². The van der Waals surface area contributed by atoms with E-state index in [2.05, 4.69) is 5.10 Å². The molecule has 30 heavy (non-hydrogen) atoms. The minimum atomic E-state index is -4.72.